The Morgan fingerprint density at radius 2 is 1.38 bits per heavy atom. The molecule has 3 saturated carbocycles. The average Bonchev–Trinajstić information content (AvgIpc) is 3.70. The molecule has 0 amide bonds. The Morgan fingerprint density at radius 3 is 2.08 bits per heavy atom. The average molecular weight is 903 g/mol. The molecule has 63 heavy (non-hydrogen) atoms. The van der Waals surface area contributed by atoms with Gasteiger partial charge in [-0.1, -0.05) is 39.3 Å². The van der Waals surface area contributed by atoms with Crippen LogP contribution in [0.25, 0.3) is 0 Å². The molecule has 4 heterocycles. The lowest BCUT2D eigenvalue weighted by Crippen LogP contribution is -2.64. The van der Waals surface area contributed by atoms with Gasteiger partial charge in [0.15, 0.2) is 24.7 Å². The minimum absolute atomic E-state index is 0.00497. The van der Waals surface area contributed by atoms with Crippen molar-refractivity contribution in [3.8, 4) is 0 Å². The maximum Gasteiger partial charge on any atom is 0.187 e. The fraction of sp³-hybridized carbons (Fsp3) is 0.956. The summed E-state index contributed by atoms with van der Waals surface area (Å²) in [5, 5.41) is 115. The van der Waals surface area contributed by atoms with Gasteiger partial charge in [0.05, 0.1) is 38.1 Å². The first-order chi connectivity index (χ1) is 29.8. The number of aliphatic hydroxyl groups is 11. The highest BCUT2D eigenvalue weighted by Gasteiger charge is 2.68. The van der Waals surface area contributed by atoms with Gasteiger partial charge in [-0.3, -0.25) is 0 Å². The summed E-state index contributed by atoms with van der Waals surface area (Å²) in [6, 6.07) is 0. The fourth-order valence-electron chi connectivity index (χ4n) is 13.5. The van der Waals surface area contributed by atoms with Gasteiger partial charge in [-0.25, -0.2) is 0 Å². The van der Waals surface area contributed by atoms with Crippen LogP contribution in [0.3, 0.4) is 0 Å². The number of fused-ring (bicyclic) bond motifs is 7. The van der Waals surface area contributed by atoms with Crippen molar-refractivity contribution >= 4 is 0 Å². The van der Waals surface area contributed by atoms with Crippen LogP contribution in [0.2, 0.25) is 0 Å². The zero-order chi connectivity index (χ0) is 45.5. The lowest BCUT2D eigenvalue weighted by atomic mass is 9.46. The molecule has 8 rings (SSSR count). The van der Waals surface area contributed by atoms with Crippen molar-refractivity contribution in [1.82, 2.24) is 0 Å². The SMILES string of the molecule is C[C@H](CC[C@@]1(O)O[C@H]2C[C@@H]3[C@@H]4CCC5=C[C@@H](O[C@@H]6O[C@H](CO)[C@@H](O)[C@H](O)[C@H]6O[C@@H]6O[C@@H](C)[C@H](O)[C@@H](O)[C@H]6O)CC[C@]5(C)[C@H]4CC[C@]3(C)[C@H]2[C@@H]1C)CO[C@@H]1O[C@H](CO)[C@@H](O)[C@H](O)[C@H]1O. The molecule has 0 spiro atoms. The van der Waals surface area contributed by atoms with Crippen molar-refractivity contribution in [2.24, 2.45) is 46.3 Å². The second-order valence-corrected chi connectivity index (χ2v) is 21.0. The predicted octanol–water partition coefficient (Wildman–Crippen LogP) is -0.831. The summed E-state index contributed by atoms with van der Waals surface area (Å²) >= 11 is 0. The van der Waals surface area contributed by atoms with Crippen LogP contribution < -0.4 is 0 Å². The lowest BCUT2D eigenvalue weighted by Gasteiger charge is -2.59. The first-order valence-electron chi connectivity index (χ1n) is 23.4. The molecule has 0 aromatic carbocycles. The number of ether oxygens (including phenoxy) is 7. The van der Waals surface area contributed by atoms with Gasteiger partial charge >= 0.3 is 0 Å². The van der Waals surface area contributed by atoms with Crippen molar-refractivity contribution in [2.75, 3.05) is 19.8 Å². The molecule has 362 valence electrons. The summed E-state index contributed by atoms with van der Waals surface area (Å²) in [7, 11) is 0. The van der Waals surface area contributed by atoms with Gasteiger partial charge in [-0.05, 0) is 98.7 Å². The Labute approximate surface area is 369 Å². The van der Waals surface area contributed by atoms with Crippen LogP contribution in [0.15, 0.2) is 11.6 Å². The highest BCUT2D eigenvalue weighted by atomic mass is 16.8. The van der Waals surface area contributed by atoms with Crippen molar-refractivity contribution < 1.29 is 89.3 Å². The molecule has 0 bridgehead atoms. The zero-order valence-electron chi connectivity index (χ0n) is 37.1. The van der Waals surface area contributed by atoms with E-state index in [1.165, 1.54) is 12.5 Å². The third-order valence-corrected chi connectivity index (χ3v) is 17.4. The number of hydrogen-bond acceptors (Lipinski definition) is 18. The van der Waals surface area contributed by atoms with Crippen LogP contribution in [-0.2, 0) is 33.2 Å². The molecule has 0 unspecified atom stereocenters. The van der Waals surface area contributed by atoms with E-state index in [4.69, 9.17) is 33.2 Å². The Morgan fingerprint density at radius 1 is 0.730 bits per heavy atom. The van der Waals surface area contributed by atoms with E-state index in [0.29, 0.717) is 37.0 Å². The summed E-state index contributed by atoms with van der Waals surface area (Å²) in [4.78, 5) is 0. The van der Waals surface area contributed by atoms with E-state index < -0.39 is 117 Å². The highest BCUT2D eigenvalue weighted by Crippen LogP contribution is 2.70. The van der Waals surface area contributed by atoms with Crippen molar-refractivity contribution in [1.29, 1.82) is 0 Å². The topological polar surface area (TPSA) is 287 Å². The molecule has 18 nitrogen and oxygen atoms in total. The van der Waals surface area contributed by atoms with Gasteiger partial charge in [0, 0.05) is 12.3 Å². The molecule has 18 heteroatoms. The van der Waals surface area contributed by atoms with E-state index >= 15 is 0 Å². The molecule has 8 aliphatic rings. The summed E-state index contributed by atoms with van der Waals surface area (Å²) < 4.78 is 42.0. The fourth-order valence-corrected chi connectivity index (χ4v) is 13.5. The molecule has 0 radical (unpaired) electrons. The maximum absolute atomic E-state index is 12.0. The van der Waals surface area contributed by atoms with Crippen LogP contribution in [0.5, 0.6) is 0 Å². The first-order valence-corrected chi connectivity index (χ1v) is 23.4. The summed E-state index contributed by atoms with van der Waals surface area (Å²) in [6.07, 6.45) is -11.5. The van der Waals surface area contributed by atoms with E-state index in [1.54, 1.807) is 0 Å². The third kappa shape index (κ3) is 8.51. The van der Waals surface area contributed by atoms with Crippen LogP contribution in [0, 0.1) is 46.3 Å². The Kier molecular flexibility index (Phi) is 14.2. The Hall–Kier alpha value is -0.980. The molecular weight excluding hydrogens is 828 g/mol. The van der Waals surface area contributed by atoms with Gasteiger partial charge in [0.2, 0.25) is 0 Å². The normalized spacial score (nSPS) is 55.0. The molecule has 4 aliphatic carbocycles. The predicted molar refractivity (Wildman–Crippen MR) is 218 cm³/mol. The number of rotatable bonds is 12. The van der Waals surface area contributed by atoms with E-state index in [2.05, 4.69) is 26.8 Å². The number of hydrogen-bond donors (Lipinski definition) is 11. The smallest absolute Gasteiger partial charge is 0.187 e. The van der Waals surface area contributed by atoms with Gasteiger partial charge in [0.1, 0.15) is 67.1 Å². The zero-order valence-corrected chi connectivity index (χ0v) is 37.1. The van der Waals surface area contributed by atoms with E-state index in [1.807, 2.05) is 6.92 Å². The monoisotopic (exact) mass is 902 g/mol. The molecule has 4 aliphatic heterocycles. The number of allylic oxidation sites excluding steroid dienone is 1. The molecule has 7 fully saturated rings. The highest BCUT2D eigenvalue weighted by molar-refractivity contribution is 5.26. The Bertz CT molecular complexity index is 1600. The lowest BCUT2D eigenvalue weighted by molar-refractivity contribution is -0.368. The van der Waals surface area contributed by atoms with Crippen LogP contribution in [0.4, 0.5) is 0 Å². The molecule has 0 aromatic heterocycles. The molecule has 11 N–H and O–H groups in total. The minimum Gasteiger partial charge on any atom is -0.394 e. The second kappa shape index (κ2) is 18.5. The van der Waals surface area contributed by atoms with E-state index in [9.17, 15) is 56.2 Å². The standard InChI is InChI=1S/C45H74O18/c1-19(18-57-40-37(54)35(52)32(49)28(16-46)60-40)8-13-45(56)20(2)30-27(63-45)15-26-24-7-6-22-14-23(9-11-43(22,4)25(24)10-12-44(26,30)5)59-42-39(36(53)33(50)29(17-47)61-42)62-41-38(55)34(51)31(48)21(3)58-41/h14,19-21,23-42,46-56H,6-13,15-18H2,1-5H3/t19-,20+,21+,23+,24-,25+,26-,27+,28-,29-,30+,31+,32-,33-,34-,35+,36+,37-,38-,39-,40-,41+,42-,43+,44+,45-/m1/s1. The minimum atomic E-state index is -1.65. The summed E-state index contributed by atoms with van der Waals surface area (Å²) in [5.41, 5.74) is 1.24. The van der Waals surface area contributed by atoms with Gasteiger partial charge in [-0.2, -0.15) is 0 Å². The second-order valence-electron chi connectivity index (χ2n) is 21.0. The van der Waals surface area contributed by atoms with Gasteiger partial charge < -0.3 is 89.3 Å². The van der Waals surface area contributed by atoms with E-state index in [0.717, 1.165) is 38.5 Å². The van der Waals surface area contributed by atoms with E-state index in [-0.39, 0.29) is 41.3 Å². The quantitative estimate of drug-likeness (QED) is 0.107. The maximum atomic E-state index is 12.0. The summed E-state index contributed by atoms with van der Waals surface area (Å²) in [5.74, 6) is 0.118. The first kappa shape index (κ1) is 48.5. The largest absolute Gasteiger partial charge is 0.394 e. The molecule has 4 saturated heterocycles. The van der Waals surface area contributed by atoms with Crippen LogP contribution in [0.1, 0.15) is 92.4 Å². The van der Waals surface area contributed by atoms with Gasteiger partial charge in [0.25, 0.3) is 0 Å². The van der Waals surface area contributed by atoms with Crippen LogP contribution >= 0.6 is 0 Å². The molecule has 26 atom stereocenters. The third-order valence-electron chi connectivity index (χ3n) is 17.4. The van der Waals surface area contributed by atoms with Crippen LogP contribution in [-0.4, -0.2) is 186 Å². The Balaban J connectivity index is 0.888. The summed E-state index contributed by atoms with van der Waals surface area (Å²) in [6.45, 7) is 9.44. The van der Waals surface area contributed by atoms with Crippen molar-refractivity contribution in [3.05, 3.63) is 11.6 Å². The van der Waals surface area contributed by atoms with Crippen molar-refractivity contribution in [2.45, 2.75) is 203 Å². The molecule has 0 aromatic rings. The van der Waals surface area contributed by atoms with Gasteiger partial charge in [-0.15, -0.1) is 0 Å². The van der Waals surface area contributed by atoms with Crippen molar-refractivity contribution in [3.63, 3.8) is 0 Å². The number of aliphatic hydroxyl groups excluding tert-OH is 10. The molecular formula is C45H74O18.